The molecule has 0 aliphatic heterocycles. The fraction of sp³-hybridized carbons (Fsp3) is 0.433. The lowest BCUT2D eigenvalue weighted by Gasteiger charge is -2.35. The van der Waals surface area contributed by atoms with Gasteiger partial charge in [0.05, 0.1) is 30.6 Å². The second-order valence-corrected chi connectivity index (χ2v) is 10.1. The quantitative estimate of drug-likeness (QED) is 0.358. The van der Waals surface area contributed by atoms with Gasteiger partial charge in [-0.2, -0.15) is 13.2 Å². The number of carbonyl (C=O) groups excluding carboxylic acids is 1. The molecule has 4 rings (SSSR count). The van der Waals surface area contributed by atoms with Gasteiger partial charge in [0.2, 0.25) is 0 Å². The van der Waals surface area contributed by atoms with Crippen molar-refractivity contribution in [2.75, 3.05) is 38.0 Å². The van der Waals surface area contributed by atoms with Crippen LogP contribution >= 0.6 is 0 Å². The molecule has 0 radical (unpaired) electrons. The summed E-state index contributed by atoms with van der Waals surface area (Å²) < 4.78 is 47.4. The molecule has 2 N–H and O–H groups in total. The molecule has 1 aromatic heterocycles. The van der Waals surface area contributed by atoms with Crippen molar-refractivity contribution in [3.63, 3.8) is 0 Å². The highest BCUT2D eigenvalue weighted by Gasteiger charge is 2.30. The van der Waals surface area contributed by atoms with E-state index in [1.165, 1.54) is 11.7 Å². The maximum Gasteiger partial charge on any atom is 0.406 e. The van der Waals surface area contributed by atoms with E-state index in [1.807, 2.05) is 19.2 Å². The first kappa shape index (κ1) is 28.2. The summed E-state index contributed by atoms with van der Waals surface area (Å²) in [5, 5.41) is 6.46. The molecule has 0 unspecified atom stereocenters. The predicted molar refractivity (Wildman–Crippen MR) is 150 cm³/mol. The van der Waals surface area contributed by atoms with Crippen LogP contribution in [0.4, 0.5) is 24.5 Å². The Balaban J connectivity index is 1.61. The highest BCUT2D eigenvalue weighted by Crippen LogP contribution is 2.35. The number of halogens is 3. The number of nitrogens with one attached hydrogen (secondary N) is 2. The van der Waals surface area contributed by atoms with E-state index in [0.717, 1.165) is 36.8 Å². The van der Waals surface area contributed by atoms with Gasteiger partial charge < -0.3 is 24.8 Å². The van der Waals surface area contributed by atoms with Crippen molar-refractivity contribution in [2.45, 2.75) is 51.4 Å². The predicted octanol–water partition coefficient (Wildman–Crippen LogP) is 6.05. The Morgan fingerprint density at radius 1 is 1.15 bits per heavy atom. The van der Waals surface area contributed by atoms with Crippen LogP contribution in [-0.4, -0.2) is 50.4 Å². The van der Waals surface area contributed by atoms with E-state index in [2.05, 4.69) is 34.3 Å². The first-order valence-corrected chi connectivity index (χ1v) is 13.2. The van der Waals surface area contributed by atoms with Crippen LogP contribution in [0, 0.1) is 17.8 Å². The lowest BCUT2D eigenvalue weighted by atomic mass is 9.86. The number of anilines is 2. The summed E-state index contributed by atoms with van der Waals surface area (Å²) in [4.78, 5) is 14.1. The summed E-state index contributed by atoms with van der Waals surface area (Å²) in [6.07, 6.45) is 0.0700. The van der Waals surface area contributed by atoms with Gasteiger partial charge in [-0.25, -0.2) is 0 Å². The van der Waals surface area contributed by atoms with Crippen molar-refractivity contribution in [1.82, 2.24) is 9.88 Å². The number of ether oxygens (including phenoxy) is 1. The Bertz CT molecular complexity index is 1380. The van der Waals surface area contributed by atoms with Crippen LogP contribution in [0.2, 0.25) is 0 Å². The summed E-state index contributed by atoms with van der Waals surface area (Å²) >= 11 is 0. The molecule has 6 nitrogen and oxygen atoms in total. The van der Waals surface area contributed by atoms with Crippen molar-refractivity contribution < 1.29 is 22.7 Å². The number of carbonyl (C=O) groups is 1. The third-order valence-corrected chi connectivity index (χ3v) is 7.45. The smallest absolute Gasteiger partial charge is 0.406 e. The van der Waals surface area contributed by atoms with E-state index in [9.17, 15) is 18.0 Å². The molecule has 2 aromatic carbocycles. The van der Waals surface area contributed by atoms with Crippen LogP contribution in [0.5, 0.6) is 5.75 Å². The van der Waals surface area contributed by atoms with Crippen molar-refractivity contribution >= 4 is 28.2 Å². The monoisotopic (exact) mass is 540 g/mol. The minimum atomic E-state index is -4.39. The third kappa shape index (κ3) is 6.62. The maximum absolute atomic E-state index is 13.6. The molecular formula is C30H35F3N4O2. The van der Waals surface area contributed by atoms with Gasteiger partial charge >= 0.3 is 6.18 Å². The minimum absolute atomic E-state index is 0.177. The molecule has 208 valence electrons. The molecule has 0 saturated heterocycles. The highest BCUT2D eigenvalue weighted by atomic mass is 19.4. The van der Waals surface area contributed by atoms with Crippen LogP contribution in [0.15, 0.2) is 42.5 Å². The number of aromatic nitrogens is 1. The molecule has 1 aliphatic carbocycles. The Labute approximate surface area is 227 Å². The Hall–Kier alpha value is -3.80. The number of rotatable bonds is 7. The van der Waals surface area contributed by atoms with Gasteiger partial charge in [0.1, 0.15) is 12.3 Å². The summed E-state index contributed by atoms with van der Waals surface area (Å²) in [5.41, 5.74) is 2.83. The van der Waals surface area contributed by atoms with Gasteiger partial charge in [-0.15, -0.1) is 0 Å². The van der Waals surface area contributed by atoms with Gasteiger partial charge in [-0.1, -0.05) is 18.9 Å². The molecule has 9 heteroatoms. The average molecular weight is 541 g/mol. The van der Waals surface area contributed by atoms with E-state index in [1.54, 1.807) is 37.4 Å². The molecule has 1 fully saturated rings. The molecule has 1 amide bonds. The number of amides is 1. The molecule has 0 spiro atoms. The molecular weight excluding hydrogens is 505 g/mol. The molecule has 39 heavy (non-hydrogen) atoms. The standard InChI is InChI=1S/C30H35F3N4O2/c1-20-10-13-22(14-11-20)36(3)26-8-5-9-27-24(26)18-23(37(27)19-30(31,32)33)7-6-16-35-25-15-12-21(29(38)34-2)17-28(25)39-4/h5,8-9,12,15,17-18,20,22,35H,10-11,13-14,16,19H2,1-4H3,(H,34,38). The minimum Gasteiger partial charge on any atom is -0.495 e. The van der Waals surface area contributed by atoms with Crippen molar-refractivity contribution in [3.05, 3.63) is 53.7 Å². The Morgan fingerprint density at radius 2 is 1.90 bits per heavy atom. The maximum atomic E-state index is 13.6. The normalized spacial score (nSPS) is 17.3. The number of hydrogen-bond acceptors (Lipinski definition) is 4. The molecule has 0 bridgehead atoms. The second-order valence-electron chi connectivity index (χ2n) is 10.1. The lowest BCUT2D eigenvalue weighted by Crippen LogP contribution is -2.34. The Kier molecular flexibility index (Phi) is 8.63. The van der Waals surface area contributed by atoms with Crippen molar-refractivity contribution in [3.8, 4) is 17.6 Å². The molecule has 1 saturated carbocycles. The van der Waals surface area contributed by atoms with Crippen LogP contribution in [0.25, 0.3) is 10.9 Å². The summed E-state index contributed by atoms with van der Waals surface area (Å²) in [5.74, 6) is 6.85. The van der Waals surface area contributed by atoms with Crippen LogP contribution in [0.1, 0.15) is 48.7 Å². The fourth-order valence-electron chi connectivity index (χ4n) is 5.25. The molecule has 1 aliphatic rings. The van der Waals surface area contributed by atoms with Gasteiger partial charge in [-0.05, 0) is 73.9 Å². The molecule has 1 heterocycles. The van der Waals surface area contributed by atoms with Crippen LogP contribution in [0.3, 0.4) is 0 Å². The number of nitrogens with zero attached hydrogens (tertiary/aromatic N) is 2. The SMILES string of the molecule is CNC(=O)c1ccc(NCC#Cc2cc3c(N(C)C4CCC(C)CC4)cccc3n2CC(F)(F)F)c(OC)c1. The number of benzene rings is 2. The zero-order chi connectivity index (χ0) is 28.2. The summed E-state index contributed by atoms with van der Waals surface area (Å²) in [6.45, 7) is 1.33. The molecule has 3 aromatic rings. The Morgan fingerprint density at radius 3 is 2.56 bits per heavy atom. The van der Waals surface area contributed by atoms with Crippen LogP contribution < -0.4 is 20.3 Å². The molecule has 0 atom stereocenters. The van der Waals surface area contributed by atoms with Gasteiger partial charge in [-0.3, -0.25) is 4.79 Å². The average Bonchev–Trinajstić information content (AvgIpc) is 3.26. The first-order valence-electron chi connectivity index (χ1n) is 13.2. The lowest BCUT2D eigenvalue weighted by molar-refractivity contribution is -0.140. The van der Waals surface area contributed by atoms with Gasteiger partial charge in [0.25, 0.3) is 5.91 Å². The number of alkyl halides is 3. The van der Waals surface area contributed by atoms with E-state index in [-0.39, 0.29) is 12.5 Å². The van der Waals surface area contributed by atoms with E-state index in [0.29, 0.717) is 40.2 Å². The van der Waals surface area contributed by atoms with E-state index in [4.69, 9.17) is 4.74 Å². The van der Waals surface area contributed by atoms with Crippen molar-refractivity contribution in [2.24, 2.45) is 5.92 Å². The first-order chi connectivity index (χ1) is 18.6. The van der Waals surface area contributed by atoms with Crippen molar-refractivity contribution in [1.29, 1.82) is 0 Å². The van der Waals surface area contributed by atoms with Gasteiger partial charge in [0.15, 0.2) is 0 Å². The van der Waals surface area contributed by atoms with Gasteiger partial charge in [0, 0.05) is 36.8 Å². The highest BCUT2D eigenvalue weighted by molar-refractivity contribution is 5.95. The zero-order valence-corrected chi connectivity index (χ0v) is 22.8. The summed E-state index contributed by atoms with van der Waals surface area (Å²) in [7, 11) is 5.08. The third-order valence-electron chi connectivity index (χ3n) is 7.45. The largest absolute Gasteiger partial charge is 0.495 e. The van der Waals surface area contributed by atoms with E-state index < -0.39 is 12.7 Å². The number of fused-ring (bicyclic) bond motifs is 1. The zero-order valence-electron chi connectivity index (χ0n) is 22.8. The van der Waals surface area contributed by atoms with Crippen LogP contribution in [-0.2, 0) is 6.54 Å². The topological polar surface area (TPSA) is 58.5 Å². The van der Waals surface area contributed by atoms with E-state index >= 15 is 0 Å². The number of methoxy groups -OCH3 is 1. The summed E-state index contributed by atoms with van der Waals surface area (Å²) in [6, 6.07) is 12.6. The fourth-order valence-corrected chi connectivity index (χ4v) is 5.25. The number of hydrogen-bond donors (Lipinski definition) is 2. The second kappa shape index (κ2) is 11.9.